The average Bonchev–Trinajstić information content (AvgIpc) is 3.29. The minimum atomic E-state index is -0.115. The van der Waals surface area contributed by atoms with Gasteiger partial charge in [-0.15, -0.1) is 5.10 Å². The van der Waals surface area contributed by atoms with Crippen LogP contribution in [0.2, 0.25) is 0 Å². The van der Waals surface area contributed by atoms with Crippen LogP contribution in [0.25, 0.3) is 11.0 Å². The zero-order chi connectivity index (χ0) is 19.8. The van der Waals surface area contributed by atoms with Crippen LogP contribution in [0.5, 0.6) is 0 Å². The second-order valence-corrected chi connectivity index (χ2v) is 10.8. The van der Waals surface area contributed by atoms with Crippen LogP contribution in [0.4, 0.5) is 0 Å². The Morgan fingerprint density at radius 1 is 1.03 bits per heavy atom. The predicted molar refractivity (Wildman–Crippen MR) is 114 cm³/mol. The number of hydrogen-bond donors (Lipinski definition) is 1. The summed E-state index contributed by atoms with van der Waals surface area (Å²) in [6, 6.07) is 8.89. The van der Waals surface area contributed by atoms with Crippen LogP contribution in [0, 0.1) is 28.6 Å². The molecule has 1 heterocycles. The number of hydrogen-bond acceptors (Lipinski definition) is 3. The Hall–Kier alpha value is -1.68. The SMILES string of the molecule is C[C@]12CCC3C(CC=C4C[C@@H](O)CC[C@@]43C)C1CCC2n1nnc2ccccc21. The smallest absolute Gasteiger partial charge is 0.113 e. The van der Waals surface area contributed by atoms with E-state index in [1.807, 2.05) is 0 Å². The molecule has 154 valence electrons. The number of aliphatic hydroxyl groups excluding tert-OH is 1. The first kappa shape index (κ1) is 18.1. The van der Waals surface area contributed by atoms with Crippen LogP contribution < -0.4 is 0 Å². The first-order valence-corrected chi connectivity index (χ1v) is 11.7. The molecule has 0 radical (unpaired) electrons. The number of allylic oxidation sites excluding steroid dienone is 1. The fourth-order valence-corrected chi connectivity index (χ4v) is 8.13. The van der Waals surface area contributed by atoms with E-state index in [1.54, 1.807) is 5.57 Å². The van der Waals surface area contributed by atoms with Crippen LogP contribution in [0.1, 0.15) is 71.3 Å². The Morgan fingerprint density at radius 2 is 1.90 bits per heavy atom. The van der Waals surface area contributed by atoms with Gasteiger partial charge < -0.3 is 5.11 Å². The summed E-state index contributed by atoms with van der Waals surface area (Å²) < 4.78 is 2.26. The Labute approximate surface area is 173 Å². The van der Waals surface area contributed by atoms with E-state index in [1.165, 1.54) is 44.0 Å². The maximum atomic E-state index is 10.2. The molecular weight excluding hydrogens is 358 g/mol. The number of fused-ring (bicyclic) bond motifs is 6. The number of aromatic nitrogens is 3. The standard InChI is InChI=1S/C25H33N3O/c1-24-13-11-17(29)15-16(24)7-8-18-19-9-10-23(25(19,2)14-12-20(18)24)28-22-6-4-3-5-21(22)26-27-28/h3-7,17-20,23,29H,8-15H2,1-2H3/t17-,18?,19?,20?,23?,24-,25-/m0/s1. The van der Waals surface area contributed by atoms with Crippen molar-refractivity contribution in [3.8, 4) is 0 Å². The molecule has 4 aliphatic rings. The third-order valence-electron chi connectivity index (χ3n) is 9.70. The molecule has 3 saturated carbocycles. The van der Waals surface area contributed by atoms with E-state index in [0.29, 0.717) is 16.9 Å². The minimum Gasteiger partial charge on any atom is -0.393 e. The van der Waals surface area contributed by atoms with Gasteiger partial charge in [0.15, 0.2) is 0 Å². The second-order valence-electron chi connectivity index (χ2n) is 10.8. The Balaban J connectivity index is 1.35. The lowest BCUT2D eigenvalue weighted by atomic mass is 9.48. The summed E-state index contributed by atoms with van der Waals surface area (Å²) in [7, 11) is 0. The van der Waals surface area contributed by atoms with E-state index in [-0.39, 0.29) is 6.10 Å². The monoisotopic (exact) mass is 391 g/mol. The summed E-state index contributed by atoms with van der Waals surface area (Å²) in [5, 5.41) is 19.3. The van der Waals surface area contributed by atoms with Crippen molar-refractivity contribution in [2.45, 2.75) is 77.4 Å². The molecule has 0 aliphatic heterocycles. The Morgan fingerprint density at radius 3 is 2.79 bits per heavy atom. The fourth-order valence-electron chi connectivity index (χ4n) is 8.13. The number of aliphatic hydroxyl groups is 1. The molecular formula is C25H33N3O. The first-order valence-electron chi connectivity index (χ1n) is 11.7. The number of rotatable bonds is 1. The van der Waals surface area contributed by atoms with Crippen molar-refractivity contribution in [3.63, 3.8) is 0 Å². The topological polar surface area (TPSA) is 50.9 Å². The third-order valence-corrected chi connectivity index (χ3v) is 9.70. The number of para-hydroxylation sites is 1. The molecule has 3 fully saturated rings. The van der Waals surface area contributed by atoms with Crippen molar-refractivity contribution in [2.75, 3.05) is 0 Å². The van der Waals surface area contributed by atoms with Crippen molar-refractivity contribution >= 4 is 11.0 Å². The van der Waals surface area contributed by atoms with Gasteiger partial charge in [0.05, 0.1) is 17.7 Å². The fraction of sp³-hybridized carbons (Fsp3) is 0.680. The van der Waals surface area contributed by atoms with Crippen LogP contribution in [-0.4, -0.2) is 26.2 Å². The average molecular weight is 392 g/mol. The van der Waals surface area contributed by atoms with Gasteiger partial charge in [0, 0.05) is 0 Å². The van der Waals surface area contributed by atoms with Crippen molar-refractivity contribution in [1.82, 2.24) is 15.0 Å². The van der Waals surface area contributed by atoms with E-state index in [2.05, 4.69) is 59.2 Å². The molecule has 4 unspecified atom stereocenters. The summed E-state index contributed by atoms with van der Waals surface area (Å²) in [6.07, 6.45) is 11.9. The van der Waals surface area contributed by atoms with Gasteiger partial charge in [0.1, 0.15) is 5.52 Å². The molecule has 1 N–H and O–H groups in total. The molecule has 0 amide bonds. The summed E-state index contributed by atoms with van der Waals surface area (Å²) in [4.78, 5) is 0. The van der Waals surface area contributed by atoms with Crippen LogP contribution in [-0.2, 0) is 0 Å². The zero-order valence-electron chi connectivity index (χ0n) is 17.7. The maximum absolute atomic E-state index is 10.2. The van der Waals surface area contributed by atoms with Crippen molar-refractivity contribution in [2.24, 2.45) is 28.6 Å². The molecule has 1 aromatic carbocycles. The molecule has 4 aliphatic carbocycles. The van der Waals surface area contributed by atoms with Crippen molar-refractivity contribution in [3.05, 3.63) is 35.9 Å². The molecule has 2 aromatic rings. The van der Waals surface area contributed by atoms with Gasteiger partial charge >= 0.3 is 0 Å². The van der Waals surface area contributed by atoms with Crippen LogP contribution in [0.3, 0.4) is 0 Å². The van der Waals surface area contributed by atoms with Gasteiger partial charge in [-0.3, -0.25) is 0 Å². The highest BCUT2D eigenvalue weighted by Crippen LogP contribution is 2.67. The highest BCUT2D eigenvalue weighted by Gasteiger charge is 2.59. The number of nitrogens with zero attached hydrogens (tertiary/aromatic N) is 3. The van der Waals surface area contributed by atoms with Gasteiger partial charge in [-0.25, -0.2) is 4.68 Å². The quantitative estimate of drug-likeness (QED) is 0.672. The Bertz CT molecular complexity index is 979. The molecule has 1 aromatic heterocycles. The minimum absolute atomic E-state index is 0.115. The largest absolute Gasteiger partial charge is 0.393 e. The van der Waals surface area contributed by atoms with Gasteiger partial charge in [-0.2, -0.15) is 0 Å². The predicted octanol–water partition coefficient (Wildman–Crippen LogP) is 5.30. The Kier molecular flexibility index (Phi) is 3.85. The summed E-state index contributed by atoms with van der Waals surface area (Å²) in [5.41, 5.74) is 4.42. The third kappa shape index (κ3) is 2.41. The molecule has 29 heavy (non-hydrogen) atoms. The lowest BCUT2D eigenvalue weighted by Gasteiger charge is -2.57. The second kappa shape index (κ2) is 6.16. The van der Waals surface area contributed by atoms with E-state index in [0.717, 1.165) is 36.1 Å². The lowest BCUT2D eigenvalue weighted by molar-refractivity contribution is -0.0484. The highest BCUT2D eigenvalue weighted by molar-refractivity contribution is 5.74. The summed E-state index contributed by atoms with van der Waals surface area (Å²) in [6.45, 7) is 5.07. The molecule has 6 rings (SSSR count). The lowest BCUT2D eigenvalue weighted by Crippen LogP contribution is -2.50. The normalized spacial score (nSPS) is 44.1. The van der Waals surface area contributed by atoms with E-state index in [9.17, 15) is 5.11 Å². The summed E-state index contributed by atoms with van der Waals surface area (Å²) in [5.74, 6) is 2.35. The molecule has 0 spiro atoms. The molecule has 0 bridgehead atoms. The van der Waals surface area contributed by atoms with Crippen LogP contribution in [0.15, 0.2) is 35.9 Å². The zero-order valence-corrected chi connectivity index (χ0v) is 17.7. The summed E-state index contributed by atoms with van der Waals surface area (Å²) >= 11 is 0. The van der Waals surface area contributed by atoms with Gasteiger partial charge in [-0.05, 0) is 92.1 Å². The molecule has 4 heteroatoms. The number of benzene rings is 1. The van der Waals surface area contributed by atoms with E-state index < -0.39 is 0 Å². The highest BCUT2D eigenvalue weighted by atomic mass is 16.3. The maximum Gasteiger partial charge on any atom is 0.113 e. The van der Waals surface area contributed by atoms with E-state index in [4.69, 9.17) is 0 Å². The van der Waals surface area contributed by atoms with E-state index >= 15 is 0 Å². The van der Waals surface area contributed by atoms with Crippen molar-refractivity contribution < 1.29 is 5.11 Å². The molecule has 0 saturated heterocycles. The van der Waals surface area contributed by atoms with Crippen molar-refractivity contribution in [1.29, 1.82) is 0 Å². The molecule has 4 nitrogen and oxygen atoms in total. The first-order chi connectivity index (χ1) is 14.0. The van der Waals surface area contributed by atoms with Gasteiger partial charge in [0.25, 0.3) is 0 Å². The van der Waals surface area contributed by atoms with Gasteiger partial charge in [0.2, 0.25) is 0 Å². The molecule has 7 atom stereocenters. The van der Waals surface area contributed by atoms with Crippen LogP contribution >= 0.6 is 0 Å². The van der Waals surface area contributed by atoms with Gasteiger partial charge in [-0.1, -0.05) is 42.8 Å².